The monoisotopic (exact) mass is 278 g/mol. The molecule has 4 rings (SSSR count). The van der Waals surface area contributed by atoms with E-state index in [1.165, 1.54) is 25.7 Å². The van der Waals surface area contributed by atoms with E-state index in [0.29, 0.717) is 11.3 Å². The third-order valence-electron chi connectivity index (χ3n) is 5.08. The molecule has 2 saturated carbocycles. The van der Waals surface area contributed by atoms with E-state index in [1.807, 2.05) is 18.2 Å². The van der Waals surface area contributed by atoms with Gasteiger partial charge in [-0.25, -0.2) is 0 Å². The summed E-state index contributed by atoms with van der Waals surface area (Å²) in [6, 6.07) is 6.54. The van der Waals surface area contributed by atoms with Gasteiger partial charge in [0.25, 0.3) is 0 Å². The van der Waals surface area contributed by atoms with Crippen molar-refractivity contribution in [1.82, 2.24) is 5.32 Å². The fourth-order valence-corrected chi connectivity index (χ4v) is 4.21. The molecule has 1 aromatic rings. The highest BCUT2D eigenvalue weighted by atomic mass is 35.5. The van der Waals surface area contributed by atoms with Crippen LogP contribution in [0.5, 0.6) is 5.75 Å². The van der Waals surface area contributed by atoms with Gasteiger partial charge < -0.3 is 15.4 Å². The molecule has 2 N–H and O–H groups in total. The lowest BCUT2D eigenvalue weighted by molar-refractivity contribution is -0.0778. The van der Waals surface area contributed by atoms with Gasteiger partial charge in [0.1, 0.15) is 5.75 Å². The third-order valence-corrected chi connectivity index (χ3v) is 5.31. The van der Waals surface area contributed by atoms with Crippen LogP contribution in [0.15, 0.2) is 18.2 Å². The second-order valence-electron chi connectivity index (χ2n) is 6.39. The summed E-state index contributed by atoms with van der Waals surface area (Å²) >= 11 is 6.00. The molecule has 2 fully saturated rings. The minimum Gasteiger partial charge on any atom is -0.468 e. The maximum Gasteiger partial charge on any atom is 0.173 e. The smallest absolute Gasteiger partial charge is 0.173 e. The Morgan fingerprint density at radius 3 is 2.84 bits per heavy atom. The summed E-state index contributed by atoms with van der Waals surface area (Å²) in [7, 11) is 2.07. The molecule has 0 saturated heterocycles. The van der Waals surface area contributed by atoms with Crippen LogP contribution in [-0.4, -0.2) is 19.3 Å². The van der Waals surface area contributed by atoms with Crippen LogP contribution in [0.1, 0.15) is 25.7 Å². The standard InChI is InChI=1S/C15H19ClN2O/c1-17-11-7-15(8-11)5-9(6-15)14-18-12-4-10(16)2-3-13(12)19-14/h2-4,9,11,14,17-18H,5-8H2,1H3. The summed E-state index contributed by atoms with van der Waals surface area (Å²) in [5.41, 5.74) is 1.66. The third kappa shape index (κ3) is 1.83. The highest BCUT2D eigenvalue weighted by molar-refractivity contribution is 6.30. The molecule has 1 heterocycles. The Kier molecular flexibility index (Phi) is 2.52. The Morgan fingerprint density at radius 1 is 1.32 bits per heavy atom. The van der Waals surface area contributed by atoms with E-state index in [9.17, 15) is 0 Å². The van der Waals surface area contributed by atoms with Gasteiger partial charge in [0.15, 0.2) is 6.23 Å². The fourth-order valence-electron chi connectivity index (χ4n) is 4.04. The Hall–Kier alpha value is -0.930. The van der Waals surface area contributed by atoms with Gasteiger partial charge in [-0.1, -0.05) is 11.6 Å². The van der Waals surface area contributed by atoms with E-state index in [0.717, 1.165) is 22.5 Å². The van der Waals surface area contributed by atoms with Crippen LogP contribution < -0.4 is 15.4 Å². The van der Waals surface area contributed by atoms with Gasteiger partial charge in [0, 0.05) is 17.0 Å². The number of ether oxygens (including phenoxy) is 1. The van der Waals surface area contributed by atoms with Gasteiger partial charge >= 0.3 is 0 Å². The van der Waals surface area contributed by atoms with Crippen LogP contribution in [0.25, 0.3) is 0 Å². The molecule has 2 aliphatic carbocycles. The SMILES string of the molecule is CNC1CC2(C1)CC(C1Nc3cc(Cl)ccc3O1)C2. The highest BCUT2D eigenvalue weighted by Crippen LogP contribution is 2.60. The number of rotatable bonds is 2. The summed E-state index contributed by atoms with van der Waals surface area (Å²) in [6.07, 6.45) is 5.42. The van der Waals surface area contributed by atoms with Crippen LogP contribution in [0.3, 0.4) is 0 Å². The van der Waals surface area contributed by atoms with Crippen LogP contribution in [0, 0.1) is 11.3 Å². The van der Waals surface area contributed by atoms with Crippen molar-refractivity contribution in [2.75, 3.05) is 12.4 Å². The van der Waals surface area contributed by atoms with Gasteiger partial charge in [-0.05, 0) is 56.3 Å². The molecule has 102 valence electrons. The van der Waals surface area contributed by atoms with Crippen LogP contribution in [0.4, 0.5) is 5.69 Å². The van der Waals surface area contributed by atoms with Gasteiger partial charge in [-0.2, -0.15) is 0 Å². The van der Waals surface area contributed by atoms with E-state index >= 15 is 0 Å². The maximum atomic E-state index is 6.00. The zero-order valence-electron chi connectivity index (χ0n) is 11.1. The van der Waals surface area contributed by atoms with Crippen molar-refractivity contribution in [2.24, 2.45) is 11.3 Å². The van der Waals surface area contributed by atoms with Gasteiger partial charge in [-0.15, -0.1) is 0 Å². The molecule has 3 nitrogen and oxygen atoms in total. The number of benzene rings is 1. The Labute approximate surface area is 118 Å². The first-order chi connectivity index (χ1) is 9.17. The minimum absolute atomic E-state index is 0.146. The second-order valence-corrected chi connectivity index (χ2v) is 6.82. The van der Waals surface area contributed by atoms with Crippen molar-refractivity contribution >= 4 is 17.3 Å². The lowest BCUT2D eigenvalue weighted by Crippen LogP contribution is -2.57. The quantitative estimate of drug-likeness (QED) is 0.871. The summed E-state index contributed by atoms with van der Waals surface area (Å²) in [4.78, 5) is 0. The second kappa shape index (κ2) is 4.03. The van der Waals surface area contributed by atoms with Crippen LogP contribution in [-0.2, 0) is 0 Å². The van der Waals surface area contributed by atoms with E-state index in [4.69, 9.17) is 16.3 Å². The van der Waals surface area contributed by atoms with Crippen molar-refractivity contribution in [1.29, 1.82) is 0 Å². The first kappa shape index (κ1) is 11.9. The molecule has 1 spiro atoms. The molecule has 0 radical (unpaired) electrons. The van der Waals surface area contributed by atoms with Crippen LogP contribution >= 0.6 is 11.6 Å². The largest absolute Gasteiger partial charge is 0.468 e. The average Bonchev–Trinajstić information content (AvgIpc) is 2.68. The normalized spacial score (nSPS) is 38.9. The van der Waals surface area contributed by atoms with Crippen molar-refractivity contribution < 1.29 is 4.74 Å². The molecule has 1 unspecified atom stereocenters. The summed E-state index contributed by atoms with van der Waals surface area (Å²) < 4.78 is 6.00. The number of nitrogens with one attached hydrogen (secondary N) is 2. The van der Waals surface area contributed by atoms with Crippen molar-refractivity contribution in [2.45, 2.75) is 38.0 Å². The molecular formula is C15H19ClN2O. The zero-order valence-corrected chi connectivity index (χ0v) is 11.8. The maximum absolute atomic E-state index is 6.00. The molecule has 0 aromatic heterocycles. The van der Waals surface area contributed by atoms with E-state index in [1.54, 1.807) is 0 Å². The lowest BCUT2D eigenvalue weighted by atomic mass is 9.49. The molecule has 0 bridgehead atoms. The van der Waals surface area contributed by atoms with Crippen LogP contribution in [0.2, 0.25) is 5.02 Å². The molecule has 3 aliphatic rings. The average molecular weight is 279 g/mol. The predicted molar refractivity (Wildman–Crippen MR) is 76.7 cm³/mol. The first-order valence-electron chi connectivity index (χ1n) is 7.07. The molecule has 1 aliphatic heterocycles. The fraction of sp³-hybridized carbons (Fsp3) is 0.600. The van der Waals surface area contributed by atoms with Crippen molar-refractivity contribution in [3.63, 3.8) is 0 Å². The summed E-state index contributed by atoms with van der Waals surface area (Å²) in [5, 5.41) is 7.59. The number of fused-ring (bicyclic) bond motifs is 1. The zero-order chi connectivity index (χ0) is 13.0. The van der Waals surface area contributed by atoms with E-state index < -0.39 is 0 Å². The number of anilines is 1. The molecule has 1 aromatic carbocycles. The number of hydrogen-bond donors (Lipinski definition) is 2. The predicted octanol–water partition coefficient (Wildman–Crippen LogP) is 3.25. The van der Waals surface area contributed by atoms with Gasteiger partial charge in [0.05, 0.1) is 5.69 Å². The number of hydrogen-bond acceptors (Lipinski definition) is 3. The molecule has 0 amide bonds. The molecule has 19 heavy (non-hydrogen) atoms. The molecular weight excluding hydrogens is 260 g/mol. The lowest BCUT2D eigenvalue weighted by Gasteiger charge is -2.58. The summed E-state index contributed by atoms with van der Waals surface area (Å²) in [5.74, 6) is 1.58. The van der Waals surface area contributed by atoms with Gasteiger partial charge in [0.2, 0.25) is 0 Å². The molecule has 4 heteroatoms. The van der Waals surface area contributed by atoms with Crippen molar-refractivity contribution in [3.8, 4) is 5.75 Å². The topological polar surface area (TPSA) is 33.3 Å². The Morgan fingerprint density at radius 2 is 2.11 bits per heavy atom. The Balaban J connectivity index is 1.38. The minimum atomic E-state index is 0.146. The van der Waals surface area contributed by atoms with Crippen molar-refractivity contribution in [3.05, 3.63) is 23.2 Å². The first-order valence-corrected chi connectivity index (χ1v) is 7.45. The van der Waals surface area contributed by atoms with Gasteiger partial charge in [-0.3, -0.25) is 0 Å². The Bertz CT molecular complexity index is 505. The van der Waals surface area contributed by atoms with E-state index in [-0.39, 0.29) is 6.23 Å². The van der Waals surface area contributed by atoms with E-state index in [2.05, 4.69) is 17.7 Å². The molecule has 1 atom stereocenters. The number of halogens is 1. The summed E-state index contributed by atoms with van der Waals surface area (Å²) in [6.45, 7) is 0. The highest BCUT2D eigenvalue weighted by Gasteiger charge is 2.55.